The van der Waals surface area contributed by atoms with Gasteiger partial charge in [-0.1, -0.05) is 20.3 Å². The Kier molecular flexibility index (Phi) is 4.23. The number of nitrogens with two attached hydrogens (primary N) is 1. The summed E-state index contributed by atoms with van der Waals surface area (Å²) in [4.78, 5) is 1.45. The molecule has 2 unspecified atom stereocenters. The van der Waals surface area contributed by atoms with E-state index in [0.717, 1.165) is 19.3 Å². The van der Waals surface area contributed by atoms with Gasteiger partial charge in [-0.3, -0.25) is 4.90 Å². The minimum absolute atomic E-state index is 0.0368. The maximum Gasteiger partial charge on any atom is 0.401 e. The van der Waals surface area contributed by atoms with Crippen molar-refractivity contribution < 1.29 is 13.2 Å². The van der Waals surface area contributed by atoms with E-state index >= 15 is 0 Å². The second-order valence-electron chi connectivity index (χ2n) is 5.07. The highest BCUT2D eigenvalue weighted by atomic mass is 19.4. The molecule has 1 aliphatic rings. The Morgan fingerprint density at radius 3 is 2.44 bits per heavy atom. The van der Waals surface area contributed by atoms with Crippen LogP contribution in [0.4, 0.5) is 13.2 Å². The standard InChI is InChI=1S/C11H21F3N2/c1-3-16(8-11(12,13)14)7-10(2)6-4-5-9(10)15/h9H,3-8,15H2,1-2H3. The Balaban J connectivity index is 2.56. The van der Waals surface area contributed by atoms with E-state index in [-0.39, 0.29) is 11.5 Å². The number of alkyl halides is 3. The first-order valence-electron chi connectivity index (χ1n) is 5.81. The molecule has 0 spiro atoms. The fraction of sp³-hybridized carbons (Fsp3) is 1.00. The summed E-state index contributed by atoms with van der Waals surface area (Å²) in [7, 11) is 0. The molecule has 96 valence electrons. The van der Waals surface area contributed by atoms with Gasteiger partial charge in [0.2, 0.25) is 0 Å². The molecular weight excluding hydrogens is 217 g/mol. The SMILES string of the molecule is CCN(CC(F)(F)F)CC1(C)CCCC1N. The van der Waals surface area contributed by atoms with Crippen LogP contribution in [0.5, 0.6) is 0 Å². The van der Waals surface area contributed by atoms with Crippen molar-refractivity contribution in [1.82, 2.24) is 4.90 Å². The molecular formula is C11H21F3N2. The number of halogens is 3. The van der Waals surface area contributed by atoms with Gasteiger partial charge >= 0.3 is 6.18 Å². The average Bonchev–Trinajstić information content (AvgIpc) is 2.44. The van der Waals surface area contributed by atoms with Crippen molar-refractivity contribution >= 4 is 0 Å². The molecule has 2 nitrogen and oxygen atoms in total. The van der Waals surface area contributed by atoms with Gasteiger partial charge in [0.25, 0.3) is 0 Å². The highest BCUT2D eigenvalue weighted by molar-refractivity contribution is 4.93. The van der Waals surface area contributed by atoms with Crippen molar-refractivity contribution in [3.63, 3.8) is 0 Å². The van der Waals surface area contributed by atoms with Crippen LogP contribution in [0.2, 0.25) is 0 Å². The Bertz CT molecular complexity index is 230. The minimum Gasteiger partial charge on any atom is -0.327 e. The zero-order chi connectivity index (χ0) is 12.4. The number of hydrogen-bond donors (Lipinski definition) is 1. The number of hydrogen-bond acceptors (Lipinski definition) is 2. The van der Waals surface area contributed by atoms with Gasteiger partial charge in [-0.25, -0.2) is 0 Å². The van der Waals surface area contributed by atoms with Crippen LogP contribution in [0.15, 0.2) is 0 Å². The Labute approximate surface area is 95.0 Å². The molecule has 0 aliphatic heterocycles. The zero-order valence-electron chi connectivity index (χ0n) is 9.98. The van der Waals surface area contributed by atoms with Gasteiger partial charge in [0.1, 0.15) is 0 Å². The van der Waals surface area contributed by atoms with E-state index in [0.29, 0.717) is 13.1 Å². The summed E-state index contributed by atoms with van der Waals surface area (Å²) in [6.07, 6.45) is -1.22. The summed E-state index contributed by atoms with van der Waals surface area (Å²) >= 11 is 0. The van der Waals surface area contributed by atoms with Crippen molar-refractivity contribution in [3.05, 3.63) is 0 Å². The van der Waals surface area contributed by atoms with Crippen molar-refractivity contribution in [3.8, 4) is 0 Å². The predicted molar refractivity (Wildman–Crippen MR) is 58.1 cm³/mol. The van der Waals surface area contributed by atoms with Crippen LogP contribution in [0, 0.1) is 5.41 Å². The molecule has 0 aromatic heterocycles. The maximum absolute atomic E-state index is 12.3. The van der Waals surface area contributed by atoms with Gasteiger partial charge in [-0.15, -0.1) is 0 Å². The van der Waals surface area contributed by atoms with Crippen LogP contribution in [0.1, 0.15) is 33.1 Å². The molecule has 1 rings (SSSR count). The second-order valence-corrected chi connectivity index (χ2v) is 5.07. The lowest BCUT2D eigenvalue weighted by atomic mass is 9.84. The van der Waals surface area contributed by atoms with Crippen LogP contribution >= 0.6 is 0 Å². The van der Waals surface area contributed by atoms with Crippen LogP contribution < -0.4 is 5.73 Å². The fourth-order valence-corrected chi connectivity index (χ4v) is 2.50. The van der Waals surface area contributed by atoms with Gasteiger partial charge in [-0.2, -0.15) is 13.2 Å². The van der Waals surface area contributed by atoms with Gasteiger partial charge in [0.15, 0.2) is 0 Å². The lowest BCUT2D eigenvalue weighted by molar-refractivity contribution is -0.148. The molecule has 0 aromatic rings. The highest BCUT2D eigenvalue weighted by Crippen LogP contribution is 2.37. The Morgan fingerprint density at radius 1 is 1.44 bits per heavy atom. The molecule has 0 saturated heterocycles. The van der Waals surface area contributed by atoms with Crippen LogP contribution in [0.25, 0.3) is 0 Å². The lowest BCUT2D eigenvalue weighted by Gasteiger charge is -2.35. The molecule has 16 heavy (non-hydrogen) atoms. The maximum atomic E-state index is 12.3. The summed E-state index contributed by atoms with van der Waals surface area (Å²) in [5.74, 6) is 0. The van der Waals surface area contributed by atoms with Crippen molar-refractivity contribution in [2.75, 3.05) is 19.6 Å². The average molecular weight is 238 g/mol. The molecule has 0 aromatic carbocycles. The van der Waals surface area contributed by atoms with Crippen LogP contribution in [-0.2, 0) is 0 Å². The largest absolute Gasteiger partial charge is 0.401 e. The van der Waals surface area contributed by atoms with Crippen molar-refractivity contribution in [2.45, 2.75) is 45.3 Å². The molecule has 1 saturated carbocycles. The van der Waals surface area contributed by atoms with Crippen molar-refractivity contribution in [2.24, 2.45) is 11.1 Å². The van der Waals surface area contributed by atoms with E-state index in [1.807, 2.05) is 6.92 Å². The highest BCUT2D eigenvalue weighted by Gasteiger charge is 2.39. The third-order valence-corrected chi connectivity index (χ3v) is 3.59. The van der Waals surface area contributed by atoms with E-state index in [2.05, 4.69) is 0 Å². The van der Waals surface area contributed by atoms with Gasteiger partial charge in [0.05, 0.1) is 6.54 Å². The summed E-state index contributed by atoms with van der Waals surface area (Å²) in [6.45, 7) is 3.80. The van der Waals surface area contributed by atoms with Crippen LogP contribution in [0.3, 0.4) is 0 Å². The number of nitrogens with zero attached hydrogens (tertiary/aromatic N) is 1. The Hall–Kier alpha value is -0.290. The predicted octanol–water partition coefficient (Wildman–Crippen LogP) is 2.39. The van der Waals surface area contributed by atoms with Crippen molar-refractivity contribution in [1.29, 1.82) is 0 Å². The zero-order valence-corrected chi connectivity index (χ0v) is 9.98. The van der Waals surface area contributed by atoms with E-state index in [4.69, 9.17) is 5.73 Å². The first-order chi connectivity index (χ1) is 7.27. The Morgan fingerprint density at radius 2 is 2.06 bits per heavy atom. The lowest BCUT2D eigenvalue weighted by Crippen LogP contribution is -2.46. The molecule has 2 atom stereocenters. The third kappa shape index (κ3) is 3.63. The van der Waals surface area contributed by atoms with E-state index in [9.17, 15) is 13.2 Å². The van der Waals surface area contributed by atoms with E-state index in [1.165, 1.54) is 4.90 Å². The number of rotatable bonds is 4. The summed E-state index contributed by atoms with van der Waals surface area (Å²) in [6, 6.07) is 0.0368. The third-order valence-electron chi connectivity index (χ3n) is 3.59. The summed E-state index contributed by atoms with van der Waals surface area (Å²) in [5.41, 5.74) is 5.82. The molecule has 1 aliphatic carbocycles. The van der Waals surface area contributed by atoms with Gasteiger partial charge in [0, 0.05) is 12.6 Å². The summed E-state index contributed by atoms with van der Waals surface area (Å²) in [5, 5.41) is 0. The molecule has 5 heteroatoms. The normalized spacial score (nSPS) is 31.3. The first-order valence-corrected chi connectivity index (χ1v) is 5.81. The topological polar surface area (TPSA) is 29.3 Å². The quantitative estimate of drug-likeness (QED) is 0.814. The summed E-state index contributed by atoms with van der Waals surface area (Å²) < 4.78 is 36.9. The smallest absolute Gasteiger partial charge is 0.327 e. The molecule has 0 amide bonds. The minimum atomic E-state index is -4.12. The van der Waals surface area contributed by atoms with Crippen LogP contribution in [-0.4, -0.2) is 36.8 Å². The molecule has 0 bridgehead atoms. The van der Waals surface area contributed by atoms with E-state index < -0.39 is 12.7 Å². The van der Waals surface area contributed by atoms with Gasteiger partial charge in [-0.05, 0) is 24.8 Å². The molecule has 2 N–H and O–H groups in total. The fourth-order valence-electron chi connectivity index (χ4n) is 2.50. The van der Waals surface area contributed by atoms with Gasteiger partial charge < -0.3 is 5.73 Å². The molecule has 0 radical (unpaired) electrons. The second kappa shape index (κ2) is 4.92. The van der Waals surface area contributed by atoms with E-state index in [1.54, 1.807) is 6.92 Å². The molecule has 0 heterocycles. The first kappa shape index (κ1) is 13.8. The monoisotopic (exact) mass is 238 g/mol. The molecule has 1 fully saturated rings.